The minimum Gasteiger partial charge on any atom is -0.370 e. The molecule has 0 bridgehead atoms. The zero-order valence-electron chi connectivity index (χ0n) is 14.0. The number of aliphatic imine (C=N–C) groups is 1. The molecular weight excluding hydrogens is 334 g/mol. The number of H-pyrrole nitrogens is 1. The molecule has 0 saturated carbocycles. The van der Waals surface area contributed by atoms with Crippen molar-refractivity contribution in [3.63, 3.8) is 0 Å². The molecule has 0 spiro atoms. The minimum atomic E-state index is -0.360. The maximum Gasteiger partial charge on any atom is 0.354 e. The van der Waals surface area contributed by atoms with Crippen LogP contribution in [0.25, 0.3) is 16.7 Å². The van der Waals surface area contributed by atoms with Crippen molar-refractivity contribution in [3.05, 3.63) is 58.8 Å². The molecule has 134 valence electrons. The van der Waals surface area contributed by atoms with E-state index < -0.39 is 0 Å². The van der Waals surface area contributed by atoms with Crippen LogP contribution in [0.2, 0.25) is 0 Å². The van der Waals surface area contributed by atoms with E-state index in [1.54, 1.807) is 12.4 Å². The molecule has 0 aliphatic carbocycles. The average Bonchev–Trinajstić information content (AvgIpc) is 3.06. The van der Waals surface area contributed by atoms with Crippen LogP contribution in [-0.2, 0) is 11.3 Å². The summed E-state index contributed by atoms with van der Waals surface area (Å²) in [5.41, 5.74) is 12.2. The van der Waals surface area contributed by atoms with Crippen molar-refractivity contribution in [2.75, 3.05) is 6.54 Å². The van der Waals surface area contributed by atoms with Gasteiger partial charge in [-0.25, -0.2) is 4.79 Å². The highest BCUT2D eigenvalue weighted by atomic mass is 16.2. The van der Waals surface area contributed by atoms with Crippen LogP contribution < -0.4 is 22.5 Å². The van der Waals surface area contributed by atoms with Crippen LogP contribution in [0.5, 0.6) is 0 Å². The molecule has 2 aromatic heterocycles. The van der Waals surface area contributed by atoms with Gasteiger partial charge < -0.3 is 21.8 Å². The molecule has 2 heterocycles. The number of aromatic nitrogens is 3. The summed E-state index contributed by atoms with van der Waals surface area (Å²) < 4.78 is 1.48. The van der Waals surface area contributed by atoms with E-state index in [-0.39, 0.29) is 30.5 Å². The van der Waals surface area contributed by atoms with Gasteiger partial charge in [-0.3, -0.25) is 14.4 Å². The predicted octanol–water partition coefficient (Wildman–Crippen LogP) is -0.00650. The third kappa shape index (κ3) is 4.07. The number of carbonyl (C=O) groups is 1. The third-order valence-corrected chi connectivity index (χ3v) is 3.78. The van der Waals surface area contributed by atoms with E-state index in [0.717, 1.165) is 10.9 Å². The Morgan fingerprint density at radius 3 is 2.73 bits per heavy atom. The van der Waals surface area contributed by atoms with E-state index in [1.807, 2.05) is 30.3 Å². The SMILES string of the molecule is NC(N)=NCCC(=O)NCc1ccc(-n2cc3cc[nH]c3nc2=O)cc1. The summed E-state index contributed by atoms with van der Waals surface area (Å²) in [6.45, 7) is 0.635. The van der Waals surface area contributed by atoms with Crippen molar-refractivity contribution < 1.29 is 4.79 Å². The Hall–Kier alpha value is -3.62. The van der Waals surface area contributed by atoms with Crippen LogP contribution in [0.15, 0.2) is 52.5 Å². The fourth-order valence-corrected chi connectivity index (χ4v) is 2.45. The summed E-state index contributed by atoms with van der Waals surface area (Å²) in [5.74, 6) is -0.173. The molecular formula is C17H19N7O2. The van der Waals surface area contributed by atoms with Crippen LogP contribution in [0.3, 0.4) is 0 Å². The highest BCUT2D eigenvalue weighted by molar-refractivity contribution is 5.78. The number of hydrogen-bond donors (Lipinski definition) is 4. The molecule has 3 aromatic rings. The van der Waals surface area contributed by atoms with E-state index in [0.29, 0.717) is 17.9 Å². The molecule has 0 fully saturated rings. The number of nitrogens with zero attached hydrogens (tertiary/aromatic N) is 3. The number of aromatic amines is 1. The summed E-state index contributed by atoms with van der Waals surface area (Å²) in [4.78, 5) is 34.5. The fourth-order valence-electron chi connectivity index (χ4n) is 2.45. The van der Waals surface area contributed by atoms with Crippen molar-refractivity contribution in [3.8, 4) is 5.69 Å². The fraction of sp³-hybridized carbons (Fsp3) is 0.176. The van der Waals surface area contributed by atoms with Gasteiger partial charge in [-0.1, -0.05) is 12.1 Å². The van der Waals surface area contributed by atoms with Crippen molar-refractivity contribution in [2.45, 2.75) is 13.0 Å². The topological polar surface area (TPSA) is 144 Å². The first kappa shape index (κ1) is 17.2. The number of guanidine groups is 1. The van der Waals surface area contributed by atoms with Crippen LogP contribution in [0, 0.1) is 0 Å². The molecule has 0 unspecified atom stereocenters. The van der Waals surface area contributed by atoms with Gasteiger partial charge in [0.25, 0.3) is 0 Å². The lowest BCUT2D eigenvalue weighted by molar-refractivity contribution is -0.121. The lowest BCUT2D eigenvalue weighted by Crippen LogP contribution is -2.26. The molecule has 0 radical (unpaired) electrons. The zero-order valence-corrected chi connectivity index (χ0v) is 14.0. The lowest BCUT2D eigenvalue weighted by atomic mass is 10.2. The standard InChI is InChI=1S/C17H19N7O2/c18-16(19)21-8-6-14(25)22-9-11-1-3-13(4-2-11)24-10-12-5-7-20-15(12)23-17(24)26/h1-5,7,10H,6,8-9H2,(H,22,25)(H4,18,19,21)(H,20,23,26). The van der Waals surface area contributed by atoms with E-state index in [2.05, 4.69) is 20.3 Å². The number of amides is 1. The first-order valence-corrected chi connectivity index (χ1v) is 8.01. The average molecular weight is 353 g/mol. The Bertz CT molecular complexity index is 998. The van der Waals surface area contributed by atoms with Gasteiger partial charge in [0.15, 0.2) is 5.96 Å². The van der Waals surface area contributed by atoms with Crippen molar-refractivity contribution in [2.24, 2.45) is 16.5 Å². The Kier molecular flexibility index (Phi) is 4.97. The second-order valence-electron chi connectivity index (χ2n) is 5.67. The minimum absolute atomic E-state index is 0.0315. The highest BCUT2D eigenvalue weighted by Gasteiger charge is 2.05. The molecule has 9 heteroatoms. The quantitative estimate of drug-likeness (QED) is 0.364. The lowest BCUT2D eigenvalue weighted by Gasteiger charge is -2.08. The van der Waals surface area contributed by atoms with Gasteiger partial charge in [-0.15, -0.1) is 0 Å². The summed E-state index contributed by atoms with van der Waals surface area (Å²) in [6, 6.07) is 9.16. The van der Waals surface area contributed by atoms with Gasteiger partial charge in [0.2, 0.25) is 5.91 Å². The first-order chi connectivity index (χ1) is 12.5. The largest absolute Gasteiger partial charge is 0.370 e. The second-order valence-corrected chi connectivity index (χ2v) is 5.67. The van der Waals surface area contributed by atoms with Crippen molar-refractivity contribution >= 4 is 22.9 Å². The number of carbonyl (C=O) groups excluding carboxylic acids is 1. The van der Waals surface area contributed by atoms with E-state index in [9.17, 15) is 9.59 Å². The van der Waals surface area contributed by atoms with Gasteiger partial charge in [0.1, 0.15) is 5.65 Å². The Labute approximate surface area is 148 Å². The third-order valence-electron chi connectivity index (χ3n) is 3.78. The summed E-state index contributed by atoms with van der Waals surface area (Å²) >= 11 is 0. The smallest absolute Gasteiger partial charge is 0.354 e. The van der Waals surface area contributed by atoms with Gasteiger partial charge in [0, 0.05) is 30.7 Å². The molecule has 1 amide bonds. The van der Waals surface area contributed by atoms with Crippen LogP contribution in [0.4, 0.5) is 0 Å². The molecule has 3 rings (SSSR count). The number of fused-ring (bicyclic) bond motifs is 1. The van der Waals surface area contributed by atoms with Crippen LogP contribution in [-0.4, -0.2) is 32.9 Å². The molecule has 6 N–H and O–H groups in total. The molecule has 0 aliphatic heterocycles. The number of hydrogen-bond acceptors (Lipinski definition) is 4. The predicted molar refractivity (Wildman–Crippen MR) is 98.8 cm³/mol. The monoisotopic (exact) mass is 353 g/mol. The van der Waals surface area contributed by atoms with Gasteiger partial charge in [-0.05, 0) is 23.8 Å². The van der Waals surface area contributed by atoms with Crippen molar-refractivity contribution in [1.82, 2.24) is 19.9 Å². The zero-order chi connectivity index (χ0) is 18.5. The van der Waals surface area contributed by atoms with Gasteiger partial charge in [-0.2, -0.15) is 4.98 Å². The van der Waals surface area contributed by atoms with Crippen LogP contribution in [0.1, 0.15) is 12.0 Å². The van der Waals surface area contributed by atoms with Gasteiger partial charge in [0.05, 0.1) is 12.2 Å². The Balaban J connectivity index is 1.64. The highest BCUT2D eigenvalue weighted by Crippen LogP contribution is 2.11. The maximum atomic E-state index is 12.1. The number of benzene rings is 1. The molecule has 1 aromatic carbocycles. The first-order valence-electron chi connectivity index (χ1n) is 8.01. The molecule has 26 heavy (non-hydrogen) atoms. The van der Waals surface area contributed by atoms with E-state index in [1.165, 1.54) is 4.57 Å². The number of nitrogens with two attached hydrogens (primary N) is 2. The van der Waals surface area contributed by atoms with E-state index >= 15 is 0 Å². The molecule has 0 aliphatic rings. The van der Waals surface area contributed by atoms with Gasteiger partial charge >= 0.3 is 5.69 Å². The number of nitrogens with one attached hydrogen (secondary N) is 2. The molecule has 0 atom stereocenters. The maximum absolute atomic E-state index is 12.1. The summed E-state index contributed by atoms with van der Waals surface area (Å²) in [6.07, 6.45) is 3.69. The normalized spacial score (nSPS) is 10.6. The van der Waals surface area contributed by atoms with Crippen LogP contribution >= 0.6 is 0 Å². The summed E-state index contributed by atoms with van der Waals surface area (Å²) in [7, 11) is 0. The molecule has 0 saturated heterocycles. The van der Waals surface area contributed by atoms with E-state index in [4.69, 9.17) is 11.5 Å². The Morgan fingerprint density at radius 2 is 2.00 bits per heavy atom. The molecule has 9 nitrogen and oxygen atoms in total. The summed E-state index contributed by atoms with van der Waals surface area (Å²) in [5, 5.41) is 3.64. The second kappa shape index (κ2) is 7.51. The Morgan fingerprint density at radius 1 is 1.23 bits per heavy atom. The number of rotatable bonds is 6. The van der Waals surface area contributed by atoms with Crippen molar-refractivity contribution in [1.29, 1.82) is 0 Å².